The van der Waals surface area contributed by atoms with Crippen molar-refractivity contribution in [2.24, 2.45) is 0 Å². The van der Waals surface area contributed by atoms with Gasteiger partial charge in [-0.1, -0.05) is 6.07 Å². The molecule has 0 spiro atoms. The molecule has 1 heterocycles. The van der Waals surface area contributed by atoms with Crippen molar-refractivity contribution in [2.45, 2.75) is 27.0 Å². The maximum absolute atomic E-state index is 12.1. The van der Waals surface area contributed by atoms with Crippen molar-refractivity contribution in [2.75, 3.05) is 5.73 Å². The number of nitrogen functional groups attached to an aromatic ring is 1. The summed E-state index contributed by atoms with van der Waals surface area (Å²) in [5, 5.41) is 8.83. The molecule has 0 aliphatic rings. The lowest BCUT2D eigenvalue weighted by molar-refractivity contribution is 0.0459. The molecule has 0 unspecified atom stereocenters. The van der Waals surface area contributed by atoms with E-state index in [9.17, 15) is 4.79 Å². The van der Waals surface area contributed by atoms with Gasteiger partial charge in [0.1, 0.15) is 12.3 Å². The van der Waals surface area contributed by atoms with Gasteiger partial charge >= 0.3 is 5.97 Å². The van der Waals surface area contributed by atoms with Gasteiger partial charge in [0.15, 0.2) is 0 Å². The molecule has 0 saturated heterocycles. The first-order valence-corrected chi connectivity index (χ1v) is 6.67. The largest absolute Gasteiger partial charge is 0.456 e. The molecule has 1 aromatic carbocycles. The van der Waals surface area contributed by atoms with Crippen molar-refractivity contribution >= 4 is 11.7 Å². The molecule has 0 radical (unpaired) electrons. The lowest BCUT2D eigenvalue weighted by Crippen LogP contribution is -2.11. The van der Waals surface area contributed by atoms with Crippen molar-refractivity contribution in [3.63, 3.8) is 0 Å². The summed E-state index contributed by atoms with van der Waals surface area (Å²) in [4.78, 5) is 12.1. The summed E-state index contributed by atoms with van der Waals surface area (Å²) in [5.41, 5.74) is 9.08. The van der Waals surface area contributed by atoms with Crippen molar-refractivity contribution in [1.29, 1.82) is 5.26 Å². The summed E-state index contributed by atoms with van der Waals surface area (Å²) >= 11 is 0. The smallest absolute Gasteiger partial charge is 0.355 e. The zero-order chi connectivity index (χ0) is 15.4. The molecule has 0 atom stereocenters. The SMILES string of the molecule is CCn1cc(N)cc1C(=O)OCc1ccc(C#N)cc1C. The first-order chi connectivity index (χ1) is 10.0. The summed E-state index contributed by atoms with van der Waals surface area (Å²) in [6, 6.07) is 8.97. The first kappa shape index (κ1) is 14.7. The Morgan fingerprint density at radius 1 is 1.43 bits per heavy atom. The number of esters is 1. The molecule has 0 saturated carbocycles. The van der Waals surface area contributed by atoms with Crippen LogP contribution in [0.4, 0.5) is 5.69 Å². The highest BCUT2D eigenvalue weighted by Gasteiger charge is 2.14. The normalized spacial score (nSPS) is 10.1. The van der Waals surface area contributed by atoms with Gasteiger partial charge in [0.25, 0.3) is 0 Å². The molecule has 2 aromatic rings. The van der Waals surface area contributed by atoms with Gasteiger partial charge in [-0.25, -0.2) is 4.79 Å². The fourth-order valence-electron chi connectivity index (χ4n) is 2.11. The molecule has 0 fully saturated rings. The number of benzene rings is 1. The number of aryl methyl sites for hydroxylation is 2. The number of hydrogen-bond acceptors (Lipinski definition) is 4. The number of nitrogens with zero attached hydrogens (tertiary/aromatic N) is 2. The Labute approximate surface area is 123 Å². The van der Waals surface area contributed by atoms with E-state index >= 15 is 0 Å². The second-order valence-corrected chi connectivity index (χ2v) is 4.77. The molecule has 1 aromatic heterocycles. The molecule has 0 aliphatic heterocycles. The summed E-state index contributed by atoms with van der Waals surface area (Å²) in [5.74, 6) is -0.405. The van der Waals surface area contributed by atoms with E-state index in [1.807, 2.05) is 13.8 Å². The maximum Gasteiger partial charge on any atom is 0.355 e. The van der Waals surface area contributed by atoms with Crippen molar-refractivity contribution in [3.8, 4) is 6.07 Å². The lowest BCUT2D eigenvalue weighted by atomic mass is 10.1. The number of nitrogens with two attached hydrogens (primary N) is 1. The molecule has 0 amide bonds. The van der Waals surface area contributed by atoms with Crippen molar-refractivity contribution < 1.29 is 9.53 Å². The highest BCUT2D eigenvalue weighted by molar-refractivity contribution is 5.89. The Morgan fingerprint density at radius 2 is 2.19 bits per heavy atom. The maximum atomic E-state index is 12.1. The number of anilines is 1. The standard InChI is InChI=1S/C16H17N3O2/c1-3-19-9-14(18)7-15(19)16(20)21-10-13-5-4-12(8-17)6-11(13)2/h4-7,9H,3,10,18H2,1-2H3. The second-order valence-electron chi connectivity index (χ2n) is 4.77. The predicted molar refractivity (Wildman–Crippen MR) is 79.5 cm³/mol. The summed E-state index contributed by atoms with van der Waals surface area (Å²) in [6.07, 6.45) is 1.71. The third-order valence-corrected chi connectivity index (χ3v) is 3.30. The molecule has 5 nitrogen and oxygen atoms in total. The monoisotopic (exact) mass is 283 g/mol. The molecular formula is C16H17N3O2. The van der Waals surface area contributed by atoms with Crippen molar-refractivity contribution in [1.82, 2.24) is 4.57 Å². The van der Waals surface area contributed by atoms with Gasteiger partial charge in [-0.05, 0) is 43.2 Å². The average Bonchev–Trinajstić information content (AvgIpc) is 2.86. The Balaban J connectivity index is 2.09. The van der Waals surface area contributed by atoms with E-state index in [0.29, 0.717) is 23.5 Å². The number of hydrogen-bond donors (Lipinski definition) is 1. The third kappa shape index (κ3) is 3.23. The van der Waals surface area contributed by atoms with Crippen LogP contribution in [0.5, 0.6) is 0 Å². The van der Waals surface area contributed by atoms with E-state index < -0.39 is 5.97 Å². The Hall–Kier alpha value is -2.74. The highest BCUT2D eigenvalue weighted by atomic mass is 16.5. The highest BCUT2D eigenvalue weighted by Crippen LogP contribution is 2.15. The predicted octanol–water partition coefficient (Wildman–Crippen LogP) is 2.63. The molecule has 5 heteroatoms. The molecule has 0 aliphatic carbocycles. The molecule has 2 rings (SSSR count). The minimum Gasteiger partial charge on any atom is -0.456 e. The van der Waals surface area contributed by atoms with Gasteiger partial charge in [0.2, 0.25) is 0 Å². The lowest BCUT2D eigenvalue weighted by Gasteiger charge is -2.09. The minimum absolute atomic E-state index is 0.172. The molecule has 21 heavy (non-hydrogen) atoms. The van der Waals surface area contributed by atoms with Crippen LogP contribution in [0.2, 0.25) is 0 Å². The van der Waals surface area contributed by atoms with Gasteiger partial charge in [0, 0.05) is 12.7 Å². The van der Waals surface area contributed by atoms with Gasteiger partial charge in [0.05, 0.1) is 17.3 Å². The van der Waals surface area contributed by atoms with Crippen LogP contribution >= 0.6 is 0 Å². The van der Waals surface area contributed by atoms with E-state index in [0.717, 1.165) is 11.1 Å². The number of rotatable bonds is 4. The topological polar surface area (TPSA) is 81.0 Å². The van der Waals surface area contributed by atoms with Gasteiger partial charge in [-0.15, -0.1) is 0 Å². The number of carbonyl (C=O) groups excluding carboxylic acids is 1. The van der Waals surface area contributed by atoms with Crippen LogP contribution in [0.25, 0.3) is 0 Å². The summed E-state index contributed by atoms with van der Waals surface area (Å²) < 4.78 is 7.08. The molecule has 0 bridgehead atoms. The Kier molecular flexibility index (Phi) is 4.29. The number of aromatic nitrogens is 1. The van der Waals surface area contributed by atoms with Crippen LogP contribution in [0.3, 0.4) is 0 Å². The van der Waals surface area contributed by atoms with E-state index in [4.69, 9.17) is 15.7 Å². The Morgan fingerprint density at radius 3 is 2.81 bits per heavy atom. The molecule has 108 valence electrons. The fourth-order valence-corrected chi connectivity index (χ4v) is 2.11. The van der Waals surface area contributed by atoms with Crippen molar-refractivity contribution in [3.05, 3.63) is 52.8 Å². The number of carbonyl (C=O) groups is 1. The number of nitriles is 1. The van der Waals surface area contributed by atoms with Crippen LogP contribution in [0, 0.1) is 18.3 Å². The van der Waals surface area contributed by atoms with E-state index in [1.54, 1.807) is 35.0 Å². The van der Waals surface area contributed by atoms with Gasteiger partial charge < -0.3 is 15.0 Å². The van der Waals surface area contributed by atoms with Gasteiger partial charge in [-0.2, -0.15) is 5.26 Å². The van der Waals surface area contributed by atoms with Crippen LogP contribution in [0.15, 0.2) is 30.5 Å². The second kappa shape index (κ2) is 6.14. The molecule has 2 N–H and O–H groups in total. The quantitative estimate of drug-likeness (QED) is 0.874. The van der Waals surface area contributed by atoms with E-state index in [2.05, 4.69) is 6.07 Å². The van der Waals surface area contributed by atoms with Crippen LogP contribution in [-0.2, 0) is 17.9 Å². The van der Waals surface area contributed by atoms with E-state index in [1.165, 1.54) is 0 Å². The summed E-state index contributed by atoms with van der Waals surface area (Å²) in [7, 11) is 0. The first-order valence-electron chi connectivity index (χ1n) is 6.67. The molecular weight excluding hydrogens is 266 g/mol. The van der Waals surface area contributed by atoms with Crippen LogP contribution < -0.4 is 5.73 Å². The number of ether oxygens (including phenoxy) is 1. The minimum atomic E-state index is -0.405. The fraction of sp³-hybridized carbons (Fsp3) is 0.250. The average molecular weight is 283 g/mol. The zero-order valence-electron chi connectivity index (χ0n) is 12.1. The Bertz CT molecular complexity index is 711. The van der Waals surface area contributed by atoms with Gasteiger partial charge in [-0.3, -0.25) is 0 Å². The van der Waals surface area contributed by atoms with E-state index in [-0.39, 0.29) is 6.61 Å². The van der Waals surface area contributed by atoms with Crippen LogP contribution in [0.1, 0.15) is 34.1 Å². The zero-order valence-corrected chi connectivity index (χ0v) is 12.1. The van der Waals surface area contributed by atoms with Crippen LogP contribution in [-0.4, -0.2) is 10.5 Å². The third-order valence-electron chi connectivity index (χ3n) is 3.30. The summed E-state index contributed by atoms with van der Waals surface area (Å²) in [6.45, 7) is 4.64.